The van der Waals surface area contributed by atoms with Gasteiger partial charge in [-0.3, -0.25) is 10.1 Å². The summed E-state index contributed by atoms with van der Waals surface area (Å²) < 4.78 is 24.0. The standard InChI is InChI=1S/C12H11N3O4S2/c1-9(12-3-2-8-20-12)13-14-21(18,19)11-6-4-10(5-7-11)15(16)17/h2-8,14H,1H3/b13-9-. The number of nitrogens with zero attached hydrogens (tertiary/aromatic N) is 2. The van der Waals surface area contributed by atoms with Crippen molar-refractivity contribution < 1.29 is 13.3 Å². The molecule has 1 N–H and O–H groups in total. The summed E-state index contributed by atoms with van der Waals surface area (Å²) in [4.78, 5) is 12.8. The van der Waals surface area contributed by atoms with Crippen LogP contribution in [0.4, 0.5) is 5.69 Å². The topological polar surface area (TPSA) is 102 Å². The lowest BCUT2D eigenvalue weighted by atomic mass is 10.3. The number of nitrogens with one attached hydrogen (secondary N) is 1. The molecule has 0 saturated carbocycles. The molecule has 0 bridgehead atoms. The summed E-state index contributed by atoms with van der Waals surface area (Å²) in [6.45, 7) is 1.68. The molecule has 7 nitrogen and oxygen atoms in total. The van der Waals surface area contributed by atoms with Crippen LogP contribution in [0.5, 0.6) is 0 Å². The van der Waals surface area contributed by atoms with Gasteiger partial charge in [0.15, 0.2) is 0 Å². The van der Waals surface area contributed by atoms with Gasteiger partial charge < -0.3 is 0 Å². The molecule has 0 amide bonds. The van der Waals surface area contributed by atoms with E-state index in [-0.39, 0.29) is 10.6 Å². The third-order valence-electron chi connectivity index (χ3n) is 2.57. The lowest BCUT2D eigenvalue weighted by Gasteiger charge is -2.04. The zero-order valence-electron chi connectivity index (χ0n) is 10.9. The first kappa shape index (κ1) is 15.1. The van der Waals surface area contributed by atoms with Crippen molar-refractivity contribution in [2.24, 2.45) is 5.10 Å². The molecule has 2 rings (SSSR count). The van der Waals surface area contributed by atoms with E-state index < -0.39 is 14.9 Å². The maximum Gasteiger partial charge on any atom is 0.276 e. The number of hydrazone groups is 1. The Morgan fingerprint density at radius 3 is 2.48 bits per heavy atom. The molecule has 0 radical (unpaired) electrons. The van der Waals surface area contributed by atoms with Crippen molar-refractivity contribution in [2.75, 3.05) is 0 Å². The average molecular weight is 325 g/mol. The number of hydrogen-bond donors (Lipinski definition) is 1. The van der Waals surface area contributed by atoms with Crippen LogP contribution < -0.4 is 4.83 Å². The van der Waals surface area contributed by atoms with Gasteiger partial charge in [-0.15, -0.1) is 11.3 Å². The van der Waals surface area contributed by atoms with E-state index in [2.05, 4.69) is 9.93 Å². The van der Waals surface area contributed by atoms with Gasteiger partial charge in [0, 0.05) is 12.1 Å². The monoisotopic (exact) mass is 325 g/mol. The normalized spacial score (nSPS) is 12.1. The smallest absolute Gasteiger partial charge is 0.258 e. The zero-order valence-corrected chi connectivity index (χ0v) is 12.5. The molecule has 0 spiro atoms. The second kappa shape index (κ2) is 6.02. The van der Waals surface area contributed by atoms with Gasteiger partial charge in [0.05, 0.1) is 20.4 Å². The molecular formula is C12H11N3O4S2. The van der Waals surface area contributed by atoms with Crippen molar-refractivity contribution in [2.45, 2.75) is 11.8 Å². The van der Waals surface area contributed by atoms with Crippen molar-refractivity contribution in [3.05, 3.63) is 56.8 Å². The Labute approximate surface area is 125 Å². The summed E-state index contributed by atoms with van der Waals surface area (Å²) >= 11 is 1.44. The molecule has 0 aliphatic heterocycles. The lowest BCUT2D eigenvalue weighted by molar-refractivity contribution is -0.384. The van der Waals surface area contributed by atoms with Crippen molar-refractivity contribution in [3.8, 4) is 0 Å². The minimum Gasteiger partial charge on any atom is -0.258 e. The molecule has 1 heterocycles. The third kappa shape index (κ3) is 3.64. The highest BCUT2D eigenvalue weighted by atomic mass is 32.2. The number of nitro groups is 1. The molecule has 9 heteroatoms. The molecule has 1 aromatic carbocycles. The molecule has 0 saturated heterocycles. The quantitative estimate of drug-likeness (QED) is 0.518. The van der Waals surface area contributed by atoms with Crippen LogP contribution in [0.25, 0.3) is 0 Å². The fourth-order valence-corrected chi connectivity index (χ4v) is 3.00. The highest BCUT2D eigenvalue weighted by molar-refractivity contribution is 7.89. The lowest BCUT2D eigenvalue weighted by Crippen LogP contribution is -2.19. The average Bonchev–Trinajstić information content (AvgIpc) is 2.99. The van der Waals surface area contributed by atoms with E-state index in [1.165, 1.54) is 11.3 Å². The van der Waals surface area contributed by atoms with Crippen LogP contribution in [0.2, 0.25) is 0 Å². The Morgan fingerprint density at radius 2 is 1.95 bits per heavy atom. The van der Waals surface area contributed by atoms with Gasteiger partial charge in [-0.05, 0) is 30.5 Å². The highest BCUT2D eigenvalue weighted by Crippen LogP contribution is 2.16. The van der Waals surface area contributed by atoms with Crippen molar-refractivity contribution >= 4 is 32.8 Å². The molecule has 1 aromatic heterocycles. The van der Waals surface area contributed by atoms with E-state index in [1.54, 1.807) is 6.92 Å². The number of hydrogen-bond acceptors (Lipinski definition) is 6. The Balaban J connectivity index is 2.18. The number of nitro benzene ring substituents is 1. The van der Waals surface area contributed by atoms with E-state index in [9.17, 15) is 18.5 Å². The minimum atomic E-state index is -3.84. The molecule has 110 valence electrons. The van der Waals surface area contributed by atoms with Crippen LogP contribution in [0.3, 0.4) is 0 Å². The molecule has 0 aliphatic carbocycles. The third-order valence-corrected chi connectivity index (χ3v) is 4.77. The van der Waals surface area contributed by atoms with Crippen LogP contribution >= 0.6 is 11.3 Å². The Bertz CT molecular complexity index is 765. The highest BCUT2D eigenvalue weighted by Gasteiger charge is 2.15. The summed E-state index contributed by atoms with van der Waals surface area (Å²) in [6, 6.07) is 8.25. The Morgan fingerprint density at radius 1 is 1.29 bits per heavy atom. The van der Waals surface area contributed by atoms with Crippen LogP contribution in [0.15, 0.2) is 51.8 Å². The van der Waals surface area contributed by atoms with Crippen LogP contribution in [0.1, 0.15) is 11.8 Å². The zero-order chi connectivity index (χ0) is 15.5. The van der Waals surface area contributed by atoms with E-state index in [4.69, 9.17) is 0 Å². The number of thiophene rings is 1. The van der Waals surface area contributed by atoms with Gasteiger partial charge in [-0.2, -0.15) is 18.4 Å². The van der Waals surface area contributed by atoms with Crippen LogP contribution in [0, 0.1) is 10.1 Å². The first-order valence-electron chi connectivity index (χ1n) is 5.74. The molecule has 0 aliphatic rings. The molecule has 0 unspecified atom stereocenters. The fraction of sp³-hybridized carbons (Fsp3) is 0.0833. The summed E-state index contributed by atoms with van der Waals surface area (Å²) in [5.41, 5.74) is 0.364. The van der Waals surface area contributed by atoms with Crippen molar-refractivity contribution in [3.63, 3.8) is 0 Å². The van der Waals surface area contributed by atoms with E-state index in [0.29, 0.717) is 5.71 Å². The predicted molar refractivity (Wildman–Crippen MR) is 79.9 cm³/mol. The number of rotatable bonds is 5. The maximum absolute atomic E-state index is 12.0. The summed E-state index contributed by atoms with van der Waals surface area (Å²) in [6.07, 6.45) is 0. The molecular weight excluding hydrogens is 314 g/mol. The fourth-order valence-electron chi connectivity index (χ4n) is 1.47. The summed E-state index contributed by atoms with van der Waals surface area (Å²) in [7, 11) is -3.84. The van der Waals surface area contributed by atoms with E-state index in [0.717, 1.165) is 29.1 Å². The van der Waals surface area contributed by atoms with Gasteiger partial charge in [0.25, 0.3) is 15.7 Å². The second-order valence-electron chi connectivity index (χ2n) is 4.02. The minimum absolute atomic E-state index is 0.0872. The number of benzene rings is 1. The van der Waals surface area contributed by atoms with E-state index >= 15 is 0 Å². The molecule has 0 fully saturated rings. The molecule has 0 atom stereocenters. The van der Waals surface area contributed by atoms with E-state index in [1.807, 2.05) is 17.5 Å². The summed E-state index contributed by atoms with van der Waals surface area (Å²) in [5.74, 6) is 0. The summed E-state index contributed by atoms with van der Waals surface area (Å²) in [5, 5.41) is 16.2. The molecule has 2 aromatic rings. The predicted octanol–water partition coefficient (Wildman–Crippen LogP) is 2.36. The second-order valence-corrected chi connectivity index (χ2v) is 6.63. The SMILES string of the molecule is C/C(=N/NS(=O)(=O)c1ccc([N+](=O)[O-])cc1)c1cccs1. The van der Waals surface area contributed by atoms with Gasteiger partial charge >= 0.3 is 0 Å². The van der Waals surface area contributed by atoms with Gasteiger partial charge in [0.2, 0.25) is 0 Å². The van der Waals surface area contributed by atoms with Crippen LogP contribution in [-0.2, 0) is 10.0 Å². The van der Waals surface area contributed by atoms with Gasteiger partial charge in [-0.25, -0.2) is 0 Å². The first-order valence-corrected chi connectivity index (χ1v) is 8.11. The van der Waals surface area contributed by atoms with Crippen LogP contribution in [-0.4, -0.2) is 19.1 Å². The maximum atomic E-state index is 12.0. The van der Waals surface area contributed by atoms with Gasteiger partial charge in [-0.1, -0.05) is 6.07 Å². The van der Waals surface area contributed by atoms with Crippen molar-refractivity contribution in [1.82, 2.24) is 4.83 Å². The molecule has 21 heavy (non-hydrogen) atoms. The van der Waals surface area contributed by atoms with Crippen molar-refractivity contribution in [1.29, 1.82) is 0 Å². The van der Waals surface area contributed by atoms with Gasteiger partial charge in [0.1, 0.15) is 0 Å². The number of sulfonamides is 1. The first-order chi connectivity index (χ1) is 9.90. The number of non-ortho nitro benzene ring substituents is 1. The Hall–Kier alpha value is -2.26. The largest absolute Gasteiger partial charge is 0.276 e. The Kier molecular flexibility index (Phi) is 4.34.